The molecule has 0 bridgehead atoms. The van der Waals surface area contributed by atoms with E-state index >= 15 is 0 Å². The summed E-state index contributed by atoms with van der Waals surface area (Å²) in [4.78, 5) is 4.20. The van der Waals surface area contributed by atoms with Crippen LogP contribution in [0.3, 0.4) is 0 Å². The smallest absolute Gasteiger partial charge is 0.188 e. The first-order valence-corrected chi connectivity index (χ1v) is 5.69. The van der Waals surface area contributed by atoms with E-state index in [-0.39, 0.29) is 11.4 Å². The van der Waals surface area contributed by atoms with Crippen molar-refractivity contribution < 1.29 is 4.39 Å². The van der Waals surface area contributed by atoms with Crippen molar-refractivity contribution in [2.75, 3.05) is 6.54 Å². The first kappa shape index (κ1) is 13.5. The standard InChI is InChI=1S/C13H20FN3/c1-13(2,3)17-12(15)16-8-7-10-5-4-6-11(14)9-10/h4-6,9H,7-8H2,1-3H3,(H3,15,16,17). The number of guanidine groups is 1. The molecule has 0 heterocycles. The molecule has 0 saturated carbocycles. The van der Waals surface area contributed by atoms with Crippen LogP contribution in [-0.4, -0.2) is 18.0 Å². The summed E-state index contributed by atoms with van der Waals surface area (Å²) in [5, 5.41) is 3.07. The second-order valence-electron chi connectivity index (χ2n) is 5.02. The van der Waals surface area contributed by atoms with Crippen molar-refractivity contribution in [2.45, 2.75) is 32.7 Å². The van der Waals surface area contributed by atoms with Gasteiger partial charge in [-0.15, -0.1) is 0 Å². The highest BCUT2D eigenvalue weighted by atomic mass is 19.1. The largest absolute Gasteiger partial charge is 0.370 e. The highest BCUT2D eigenvalue weighted by Crippen LogP contribution is 2.04. The molecule has 0 aromatic heterocycles. The Balaban J connectivity index is 2.44. The number of halogens is 1. The van der Waals surface area contributed by atoms with Crippen LogP contribution in [-0.2, 0) is 6.42 Å². The Morgan fingerprint density at radius 3 is 2.71 bits per heavy atom. The van der Waals surface area contributed by atoms with Crippen molar-refractivity contribution >= 4 is 5.96 Å². The van der Waals surface area contributed by atoms with Crippen molar-refractivity contribution in [3.8, 4) is 0 Å². The van der Waals surface area contributed by atoms with Crippen molar-refractivity contribution in [3.05, 3.63) is 35.6 Å². The van der Waals surface area contributed by atoms with Crippen LogP contribution >= 0.6 is 0 Å². The maximum absolute atomic E-state index is 12.9. The quantitative estimate of drug-likeness (QED) is 0.624. The van der Waals surface area contributed by atoms with E-state index in [9.17, 15) is 4.39 Å². The number of nitrogens with zero attached hydrogens (tertiary/aromatic N) is 1. The third-order valence-corrected chi connectivity index (χ3v) is 2.07. The first-order chi connectivity index (χ1) is 7.87. The summed E-state index contributed by atoms with van der Waals surface area (Å²) < 4.78 is 12.9. The van der Waals surface area contributed by atoms with Crippen molar-refractivity contribution in [3.63, 3.8) is 0 Å². The lowest BCUT2D eigenvalue weighted by Gasteiger charge is -2.20. The molecule has 0 unspecified atom stereocenters. The summed E-state index contributed by atoms with van der Waals surface area (Å²) in [6.07, 6.45) is 0.685. The normalized spacial score (nSPS) is 12.6. The van der Waals surface area contributed by atoms with E-state index in [1.165, 1.54) is 12.1 Å². The minimum absolute atomic E-state index is 0.0908. The highest BCUT2D eigenvalue weighted by Gasteiger charge is 2.09. The van der Waals surface area contributed by atoms with E-state index in [1.54, 1.807) is 6.07 Å². The number of nitrogens with two attached hydrogens (primary N) is 1. The molecule has 0 radical (unpaired) electrons. The van der Waals surface area contributed by atoms with Crippen LogP contribution in [0, 0.1) is 5.82 Å². The molecule has 0 saturated heterocycles. The zero-order valence-electron chi connectivity index (χ0n) is 10.6. The molecule has 3 nitrogen and oxygen atoms in total. The molecule has 0 fully saturated rings. The zero-order chi connectivity index (χ0) is 12.9. The molecular formula is C13H20FN3. The molecule has 0 atom stereocenters. The fraction of sp³-hybridized carbons (Fsp3) is 0.462. The fourth-order valence-electron chi connectivity index (χ4n) is 1.42. The van der Waals surface area contributed by atoms with Crippen LogP contribution in [0.4, 0.5) is 4.39 Å². The molecule has 1 aromatic carbocycles. The van der Waals surface area contributed by atoms with Gasteiger partial charge in [0.1, 0.15) is 5.82 Å². The Hall–Kier alpha value is -1.58. The molecule has 94 valence electrons. The monoisotopic (exact) mass is 237 g/mol. The van der Waals surface area contributed by atoms with Gasteiger partial charge in [0.2, 0.25) is 0 Å². The van der Waals surface area contributed by atoms with Crippen LogP contribution in [0.1, 0.15) is 26.3 Å². The van der Waals surface area contributed by atoms with Crippen LogP contribution in [0.25, 0.3) is 0 Å². The summed E-state index contributed by atoms with van der Waals surface area (Å²) in [5.41, 5.74) is 6.56. The van der Waals surface area contributed by atoms with Gasteiger partial charge in [-0.25, -0.2) is 4.39 Å². The molecule has 0 spiro atoms. The van der Waals surface area contributed by atoms with Gasteiger partial charge >= 0.3 is 0 Å². The number of nitrogens with one attached hydrogen (secondary N) is 1. The second-order valence-corrected chi connectivity index (χ2v) is 5.02. The summed E-state index contributed by atoms with van der Waals surface area (Å²) in [6, 6.07) is 6.53. The average molecular weight is 237 g/mol. The van der Waals surface area contributed by atoms with Gasteiger partial charge in [0.15, 0.2) is 5.96 Å². The van der Waals surface area contributed by atoms with Gasteiger partial charge in [0, 0.05) is 12.1 Å². The van der Waals surface area contributed by atoms with Gasteiger partial charge in [-0.2, -0.15) is 0 Å². The molecule has 3 N–H and O–H groups in total. The average Bonchev–Trinajstić information content (AvgIpc) is 2.14. The predicted octanol–water partition coefficient (Wildman–Crippen LogP) is 2.07. The van der Waals surface area contributed by atoms with Crippen molar-refractivity contribution in [1.29, 1.82) is 0 Å². The van der Waals surface area contributed by atoms with E-state index in [0.717, 1.165) is 5.56 Å². The Labute approximate surface area is 102 Å². The number of hydrogen-bond donors (Lipinski definition) is 2. The van der Waals surface area contributed by atoms with Crippen LogP contribution in [0.15, 0.2) is 29.3 Å². The highest BCUT2D eigenvalue weighted by molar-refractivity contribution is 5.78. The fourth-order valence-corrected chi connectivity index (χ4v) is 1.42. The van der Waals surface area contributed by atoms with Gasteiger partial charge in [0.05, 0.1) is 0 Å². The lowest BCUT2D eigenvalue weighted by atomic mass is 10.1. The number of aliphatic imine (C=N–C) groups is 1. The summed E-state index contributed by atoms with van der Waals surface area (Å²) in [5.74, 6) is 0.209. The molecule has 1 aromatic rings. The third-order valence-electron chi connectivity index (χ3n) is 2.07. The SMILES string of the molecule is CC(C)(C)NC(N)=NCCc1cccc(F)c1. The number of benzene rings is 1. The Kier molecular flexibility index (Phi) is 4.49. The molecule has 0 aliphatic rings. The number of rotatable bonds is 3. The van der Waals surface area contributed by atoms with Gasteiger partial charge in [-0.05, 0) is 44.9 Å². The number of hydrogen-bond acceptors (Lipinski definition) is 1. The summed E-state index contributed by atoms with van der Waals surface area (Å²) >= 11 is 0. The molecule has 17 heavy (non-hydrogen) atoms. The van der Waals surface area contributed by atoms with Gasteiger partial charge in [-0.1, -0.05) is 12.1 Å². The lowest BCUT2D eigenvalue weighted by molar-refractivity contribution is 0.508. The predicted molar refractivity (Wildman–Crippen MR) is 69.5 cm³/mol. The Morgan fingerprint density at radius 1 is 1.41 bits per heavy atom. The van der Waals surface area contributed by atoms with E-state index < -0.39 is 0 Å². The van der Waals surface area contributed by atoms with Crippen LogP contribution in [0.5, 0.6) is 0 Å². The molecular weight excluding hydrogens is 217 g/mol. The van der Waals surface area contributed by atoms with E-state index in [4.69, 9.17) is 5.73 Å². The van der Waals surface area contributed by atoms with Gasteiger partial charge in [0.25, 0.3) is 0 Å². The molecule has 0 amide bonds. The van der Waals surface area contributed by atoms with Crippen LogP contribution in [0.2, 0.25) is 0 Å². The topological polar surface area (TPSA) is 50.4 Å². The van der Waals surface area contributed by atoms with Crippen molar-refractivity contribution in [1.82, 2.24) is 5.32 Å². The van der Waals surface area contributed by atoms with E-state index in [2.05, 4.69) is 10.3 Å². The second kappa shape index (κ2) is 5.66. The van der Waals surface area contributed by atoms with Crippen molar-refractivity contribution in [2.24, 2.45) is 10.7 Å². The first-order valence-electron chi connectivity index (χ1n) is 5.69. The molecule has 1 rings (SSSR count). The zero-order valence-corrected chi connectivity index (χ0v) is 10.6. The third kappa shape index (κ3) is 5.90. The van der Waals surface area contributed by atoms with Gasteiger partial charge < -0.3 is 11.1 Å². The summed E-state index contributed by atoms with van der Waals surface area (Å²) in [7, 11) is 0. The minimum Gasteiger partial charge on any atom is -0.370 e. The molecule has 4 heteroatoms. The van der Waals surface area contributed by atoms with E-state index in [0.29, 0.717) is 18.9 Å². The van der Waals surface area contributed by atoms with E-state index in [1.807, 2.05) is 26.8 Å². The Bertz CT molecular complexity index is 394. The molecule has 0 aliphatic heterocycles. The van der Waals surface area contributed by atoms with Crippen LogP contribution < -0.4 is 11.1 Å². The van der Waals surface area contributed by atoms with Gasteiger partial charge in [-0.3, -0.25) is 4.99 Å². The molecule has 0 aliphatic carbocycles. The Morgan fingerprint density at radius 2 is 2.12 bits per heavy atom. The maximum Gasteiger partial charge on any atom is 0.188 e. The maximum atomic E-state index is 12.9. The minimum atomic E-state index is -0.215. The lowest BCUT2D eigenvalue weighted by Crippen LogP contribution is -2.45. The summed E-state index contributed by atoms with van der Waals surface area (Å²) in [6.45, 7) is 6.60.